The van der Waals surface area contributed by atoms with Gasteiger partial charge in [0.05, 0.1) is 14.2 Å². The topological polar surface area (TPSA) is 35.5 Å². The van der Waals surface area contributed by atoms with Gasteiger partial charge < -0.3 is 9.47 Å². The number of hydrogen-bond acceptors (Lipinski definition) is 3. The predicted octanol–water partition coefficient (Wildman–Crippen LogP) is 5.27. The summed E-state index contributed by atoms with van der Waals surface area (Å²) < 4.78 is 10.5. The fourth-order valence-corrected chi connectivity index (χ4v) is 2.65. The minimum atomic E-state index is -0.0496. The summed E-state index contributed by atoms with van der Waals surface area (Å²) in [5.41, 5.74) is 3.71. The van der Waals surface area contributed by atoms with Crippen molar-refractivity contribution in [3.05, 3.63) is 90.0 Å². The monoisotopic (exact) mass is 344 g/mol. The fraction of sp³-hybridized carbons (Fsp3) is 0.0870. The van der Waals surface area contributed by atoms with Crippen molar-refractivity contribution >= 4 is 11.9 Å². The van der Waals surface area contributed by atoms with Gasteiger partial charge in [0.1, 0.15) is 11.5 Å². The lowest BCUT2D eigenvalue weighted by atomic mass is 10.0. The summed E-state index contributed by atoms with van der Waals surface area (Å²) >= 11 is 0. The van der Waals surface area contributed by atoms with Gasteiger partial charge in [0.25, 0.3) is 0 Å². The molecule has 0 amide bonds. The molecule has 0 unspecified atom stereocenters. The number of ether oxygens (including phenoxy) is 2. The van der Waals surface area contributed by atoms with Crippen molar-refractivity contribution in [2.24, 2.45) is 0 Å². The van der Waals surface area contributed by atoms with Crippen molar-refractivity contribution in [1.82, 2.24) is 0 Å². The first-order chi connectivity index (χ1) is 12.7. The lowest BCUT2D eigenvalue weighted by Gasteiger charge is -2.06. The van der Waals surface area contributed by atoms with E-state index in [1.807, 2.05) is 66.7 Å². The second-order valence-corrected chi connectivity index (χ2v) is 5.79. The number of benzene rings is 3. The van der Waals surface area contributed by atoms with Crippen LogP contribution >= 0.6 is 0 Å². The maximum Gasteiger partial charge on any atom is 0.185 e. The number of allylic oxidation sites excluding steroid dienone is 1. The van der Waals surface area contributed by atoms with Gasteiger partial charge in [0.2, 0.25) is 0 Å². The first-order valence-electron chi connectivity index (χ1n) is 8.30. The molecule has 0 fully saturated rings. The molecule has 3 nitrogen and oxygen atoms in total. The highest BCUT2D eigenvalue weighted by Crippen LogP contribution is 2.24. The third-order valence-corrected chi connectivity index (χ3v) is 4.08. The van der Waals surface area contributed by atoms with Gasteiger partial charge in [-0.15, -0.1) is 0 Å². The summed E-state index contributed by atoms with van der Waals surface area (Å²) in [4.78, 5) is 12.4. The van der Waals surface area contributed by atoms with Gasteiger partial charge in [-0.3, -0.25) is 4.79 Å². The second kappa shape index (κ2) is 8.17. The Bertz CT molecular complexity index is 888. The minimum absolute atomic E-state index is 0.0496. The molecule has 3 aromatic rings. The molecule has 0 aliphatic rings. The lowest BCUT2D eigenvalue weighted by Crippen LogP contribution is -1.94. The van der Waals surface area contributed by atoms with E-state index >= 15 is 0 Å². The van der Waals surface area contributed by atoms with Gasteiger partial charge in [-0.2, -0.15) is 0 Å². The molecule has 0 saturated carbocycles. The van der Waals surface area contributed by atoms with Crippen LogP contribution in [0.4, 0.5) is 0 Å². The van der Waals surface area contributed by atoms with E-state index in [0.717, 1.165) is 16.7 Å². The van der Waals surface area contributed by atoms with E-state index in [2.05, 4.69) is 0 Å². The first kappa shape index (κ1) is 17.5. The third-order valence-electron chi connectivity index (χ3n) is 4.08. The SMILES string of the molecule is COc1cc(/C=C/C(=O)c2ccc(-c3ccccc3)cc2)cc(OC)c1. The van der Waals surface area contributed by atoms with Crippen LogP contribution in [0.1, 0.15) is 15.9 Å². The van der Waals surface area contributed by atoms with Crippen molar-refractivity contribution in [3.63, 3.8) is 0 Å². The standard InChI is InChI=1S/C23H20O3/c1-25-21-14-17(15-22(16-21)26-2)8-13-23(24)20-11-9-19(10-12-20)18-6-4-3-5-7-18/h3-16H,1-2H3/b13-8+. The maximum atomic E-state index is 12.4. The maximum absolute atomic E-state index is 12.4. The van der Waals surface area contributed by atoms with Crippen molar-refractivity contribution in [2.45, 2.75) is 0 Å². The smallest absolute Gasteiger partial charge is 0.185 e. The van der Waals surface area contributed by atoms with Crippen molar-refractivity contribution in [2.75, 3.05) is 14.2 Å². The highest BCUT2D eigenvalue weighted by Gasteiger charge is 2.04. The van der Waals surface area contributed by atoms with E-state index in [-0.39, 0.29) is 5.78 Å². The number of rotatable bonds is 6. The molecule has 0 spiro atoms. The molecule has 0 atom stereocenters. The molecule has 3 heteroatoms. The molecule has 0 saturated heterocycles. The van der Waals surface area contributed by atoms with Crippen molar-refractivity contribution in [1.29, 1.82) is 0 Å². The van der Waals surface area contributed by atoms with Crippen LogP contribution in [0, 0.1) is 0 Å². The fourth-order valence-electron chi connectivity index (χ4n) is 2.65. The number of carbonyl (C=O) groups is 1. The Morgan fingerprint density at radius 1 is 0.769 bits per heavy atom. The molecule has 0 radical (unpaired) electrons. The summed E-state index contributed by atoms with van der Waals surface area (Å²) in [6.45, 7) is 0. The average Bonchev–Trinajstić information content (AvgIpc) is 2.72. The van der Waals surface area contributed by atoms with E-state index in [1.165, 1.54) is 0 Å². The van der Waals surface area contributed by atoms with E-state index in [4.69, 9.17) is 9.47 Å². The molecule has 0 heterocycles. The molecular weight excluding hydrogens is 324 g/mol. The van der Waals surface area contributed by atoms with Crippen LogP contribution in [0.15, 0.2) is 78.9 Å². The highest BCUT2D eigenvalue weighted by atomic mass is 16.5. The molecule has 0 N–H and O–H groups in total. The Kier molecular flexibility index (Phi) is 5.49. The highest BCUT2D eigenvalue weighted by molar-refractivity contribution is 6.07. The van der Waals surface area contributed by atoms with Gasteiger partial charge >= 0.3 is 0 Å². The first-order valence-corrected chi connectivity index (χ1v) is 8.30. The Balaban J connectivity index is 1.77. The summed E-state index contributed by atoms with van der Waals surface area (Å²) in [6.07, 6.45) is 3.32. The van der Waals surface area contributed by atoms with Gasteiger partial charge in [-0.25, -0.2) is 0 Å². The molecule has 0 aliphatic carbocycles. The van der Waals surface area contributed by atoms with Gasteiger partial charge in [0, 0.05) is 11.6 Å². The lowest BCUT2D eigenvalue weighted by molar-refractivity contribution is 0.104. The molecule has 26 heavy (non-hydrogen) atoms. The number of hydrogen-bond donors (Lipinski definition) is 0. The van der Waals surface area contributed by atoms with Gasteiger partial charge in [0.15, 0.2) is 5.78 Å². The summed E-state index contributed by atoms with van der Waals surface area (Å²) in [6, 6.07) is 23.2. The molecule has 0 aliphatic heterocycles. The van der Waals surface area contributed by atoms with Crippen LogP contribution in [0.2, 0.25) is 0 Å². The zero-order chi connectivity index (χ0) is 18.4. The van der Waals surface area contributed by atoms with Crippen molar-refractivity contribution in [3.8, 4) is 22.6 Å². The summed E-state index contributed by atoms with van der Waals surface area (Å²) in [5.74, 6) is 1.32. The van der Waals surface area contributed by atoms with Crippen molar-refractivity contribution < 1.29 is 14.3 Å². The van der Waals surface area contributed by atoms with Crippen LogP contribution in [0.5, 0.6) is 11.5 Å². The zero-order valence-corrected chi connectivity index (χ0v) is 14.8. The molecule has 0 bridgehead atoms. The van der Waals surface area contributed by atoms with E-state index in [1.54, 1.807) is 32.4 Å². The van der Waals surface area contributed by atoms with E-state index in [0.29, 0.717) is 17.1 Å². The number of carbonyl (C=O) groups excluding carboxylic acids is 1. The second-order valence-electron chi connectivity index (χ2n) is 5.79. The molecule has 0 aromatic heterocycles. The van der Waals surface area contributed by atoms with Gasteiger partial charge in [-0.1, -0.05) is 60.7 Å². The van der Waals surface area contributed by atoms with Crippen LogP contribution < -0.4 is 9.47 Å². The quantitative estimate of drug-likeness (QED) is 0.451. The number of methoxy groups -OCH3 is 2. The predicted molar refractivity (Wildman–Crippen MR) is 105 cm³/mol. The largest absolute Gasteiger partial charge is 0.497 e. The summed E-state index contributed by atoms with van der Waals surface area (Å²) in [5, 5.41) is 0. The van der Waals surface area contributed by atoms with Crippen LogP contribution in [-0.4, -0.2) is 20.0 Å². The Morgan fingerprint density at radius 2 is 1.35 bits per heavy atom. The minimum Gasteiger partial charge on any atom is -0.497 e. The Labute approximate surface area is 153 Å². The third kappa shape index (κ3) is 4.19. The Hall–Kier alpha value is -3.33. The summed E-state index contributed by atoms with van der Waals surface area (Å²) in [7, 11) is 3.20. The average molecular weight is 344 g/mol. The normalized spacial score (nSPS) is 10.7. The van der Waals surface area contributed by atoms with Gasteiger partial charge in [-0.05, 0) is 34.9 Å². The van der Waals surface area contributed by atoms with Crippen LogP contribution in [0.25, 0.3) is 17.2 Å². The zero-order valence-electron chi connectivity index (χ0n) is 14.8. The molecule has 130 valence electrons. The Morgan fingerprint density at radius 3 is 1.92 bits per heavy atom. The van der Waals surface area contributed by atoms with Crippen LogP contribution in [-0.2, 0) is 0 Å². The van der Waals surface area contributed by atoms with Crippen LogP contribution in [0.3, 0.4) is 0 Å². The molecular formula is C23H20O3. The van der Waals surface area contributed by atoms with E-state index < -0.39 is 0 Å². The van der Waals surface area contributed by atoms with E-state index in [9.17, 15) is 4.79 Å². The molecule has 3 rings (SSSR count). The number of ketones is 1. The molecule has 3 aromatic carbocycles.